The Balaban J connectivity index is 1.50. The number of alkyl halides is 3. The van der Waals surface area contributed by atoms with Crippen LogP contribution in [-0.4, -0.2) is 20.5 Å². The smallest absolute Gasteiger partial charge is 0.348 e. The van der Waals surface area contributed by atoms with E-state index in [-0.39, 0.29) is 12.5 Å². The minimum atomic E-state index is -4.41. The van der Waals surface area contributed by atoms with Crippen LogP contribution in [0.2, 0.25) is 0 Å². The summed E-state index contributed by atoms with van der Waals surface area (Å²) in [6.07, 6.45) is 1.74. The van der Waals surface area contributed by atoms with Gasteiger partial charge in [0.05, 0.1) is 11.1 Å². The summed E-state index contributed by atoms with van der Waals surface area (Å²) in [5.41, 5.74) is 0.751. The number of fused-ring (bicyclic) bond motifs is 1. The Hall–Kier alpha value is -2.90. The number of benzene rings is 1. The Morgan fingerprint density at radius 2 is 1.93 bits per heavy atom. The number of carbonyl (C=O) groups excluding carboxylic acids is 1. The van der Waals surface area contributed by atoms with E-state index in [0.717, 1.165) is 43.6 Å². The summed E-state index contributed by atoms with van der Waals surface area (Å²) < 4.78 is 40.3. The molecule has 1 saturated carbocycles. The number of hydrogen-bond acceptors (Lipinski definition) is 3. The summed E-state index contributed by atoms with van der Waals surface area (Å²) in [5, 5.41) is 11.1. The third-order valence-corrected chi connectivity index (χ3v) is 5.12. The van der Waals surface area contributed by atoms with Crippen molar-refractivity contribution in [1.82, 2.24) is 19.9 Å². The number of amides is 1. The van der Waals surface area contributed by atoms with E-state index in [4.69, 9.17) is 0 Å². The van der Waals surface area contributed by atoms with Gasteiger partial charge in [-0.3, -0.25) is 9.20 Å². The highest BCUT2D eigenvalue weighted by atomic mass is 19.4. The first kappa shape index (κ1) is 18.5. The summed E-state index contributed by atoms with van der Waals surface area (Å²) in [7, 11) is 0. The van der Waals surface area contributed by atoms with Gasteiger partial charge in [-0.05, 0) is 42.7 Å². The predicted octanol–water partition coefficient (Wildman–Crippen LogP) is 4.34. The van der Waals surface area contributed by atoms with Crippen molar-refractivity contribution in [1.29, 1.82) is 0 Å². The van der Waals surface area contributed by atoms with E-state index in [9.17, 15) is 18.0 Å². The van der Waals surface area contributed by atoms with E-state index in [1.54, 1.807) is 24.4 Å². The number of pyridine rings is 1. The molecule has 3 aromatic rings. The quantitative estimate of drug-likeness (QED) is 0.724. The van der Waals surface area contributed by atoms with Crippen LogP contribution < -0.4 is 5.32 Å². The summed E-state index contributed by atoms with van der Waals surface area (Å²) >= 11 is 0. The maximum absolute atomic E-state index is 12.8. The number of nitrogens with zero attached hydrogens (tertiary/aromatic N) is 3. The maximum Gasteiger partial charge on any atom is 0.416 e. The zero-order valence-electron chi connectivity index (χ0n) is 15.0. The first-order valence-electron chi connectivity index (χ1n) is 9.21. The lowest BCUT2D eigenvalue weighted by Crippen LogP contribution is -2.23. The number of hydrogen-bond donors (Lipinski definition) is 1. The van der Waals surface area contributed by atoms with Crippen molar-refractivity contribution in [3.8, 4) is 0 Å². The lowest BCUT2D eigenvalue weighted by Gasteiger charge is -2.10. The second kappa shape index (κ2) is 7.26. The van der Waals surface area contributed by atoms with Crippen molar-refractivity contribution in [3.63, 3.8) is 0 Å². The van der Waals surface area contributed by atoms with Gasteiger partial charge < -0.3 is 5.32 Å². The third-order valence-electron chi connectivity index (χ3n) is 5.12. The Morgan fingerprint density at radius 1 is 1.14 bits per heavy atom. The number of aromatic nitrogens is 3. The van der Waals surface area contributed by atoms with E-state index >= 15 is 0 Å². The number of carbonyl (C=O) groups is 1. The lowest BCUT2D eigenvalue weighted by atomic mass is 10.1. The minimum Gasteiger partial charge on any atom is -0.348 e. The summed E-state index contributed by atoms with van der Waals surface area (Å²) in [5.74, 6) is 0.851. The van der Waals surface area contributed by atoms with E-state index in [1.807, 2.05) is 4.40 Å². The van der Waals surface area contributed by atoms with Crippen LogP contribution in [0.5, 0.6) is 0 Å². The molecule has 0 saturated heterocycles. The molecule has 1 amide bonds. The van der Waals surface area contributed by atoms with Crippen molar-refractivity contribution in [3.05, 3.63) is 65.1 Å². The zero-order valence-corrected chi connectivity index (χ0v) is 15.0. The first-order valence-corrected chi connectivity index (χ1v) is 9.21. The monoisotopic (exact) mass is 388 g/mol. The molecule has 0 spiro atoms. The van der Waals surface area contributed by atoms with Crippen LogP contribution >= 0.6 is 0 Å². The molecular formula is C20H19F3N4O. The van der Waals surface area contributed by atoms with Crippen LogP contribution in [0.25, 0.3) is 5.65 Å². The summed E-state index contributed by atoms with van der Waals surface area (Å²) in [6.45, 7) is 0.0124. The Bertz CT molecular complexity index is 1010. The second-order valence-electron chi connectivity index (χ2n) is 7.07. The van der Waals surface area contributed by atoms with E-state index in [1.165, 1.54) is 6.07 Å². The fraction of sp³-hybridized carbons (Fsp3) is 0.350. The molecule has 0 unspecified atom stereocenters. The minimum absolute atomic E-state index is 0.0124. The van der Waals surface area contributed by atoms with Crippen molar-refractivity contribution < 1.29 is 18.0 Å². The Kier molecular flexibility index (Phi) is 4.78. The molecule has 0 radical (unpaired) electrons. The van der Waals surface area contributed by atoms with Gasteiger partial charge in [-0.25, -0.2) is 0 Å². The number of rotatable bonds is 4. The van der Waals surface area contributed by atoms with Crippen LogP contribution in [0.3, 0.4) is 0 Å². The van der Waals surface area contributed by atoms with Crippen LogP contribution in [-0.2, 0) is 12.7 Å². The van der Waals surface area contributed by atoms with Crippen molar-refractivity contribution in [2.24, 2.45) is 0 Å². The predicted molar refractivity (Wildman–Crippen MR) is 96.8 cm³/mol. The topological polar surface area (TPSA) is 59.3 Å². The van der Waals surface area contributed by atoms with Crippen LogP contribution in [0.4, 0.5) is 13.2 Å². The van der Waals surface area contributed by atoms with Gasteiger partial charge in [0, 0.05) is 18.7 Å². The third kappa shape index (κ3) is 3.72. The molecule has 1 N–H and O–H groups in total. The fourth-order valence-corrected chi connectivity index (χ4v) is 3.65. The molecule has 1 aliphatic rings. The van der Waals surface area contributed by atoms with Gasteiger partial charge in [-0.2, -0.15) is 13.2 Å². The molecule has 1 aromatic carbocycles. The largest absolute Gasteiger partial charge is 0.416 e. The van der Waals surface area contributed by atoms with Crippen molar-refractivity contribution in [2.75, 3.05) is 0 Å². The SMILES string of the molecule is O=C(NCc1cccc(C(F)(F)F)c1)c1ccc2nnc(C3CCCC3)n2c1. The normalized spacial score (nSPS) is 15.2. The zero-order chi connectivity index (χ0) is 19.7. The molecule has 2 heterocycles. The van der Waals surface area contributed by atoms with Gasteiger partial charge in [0.25, 0.3) is 5.91 Å². The van der Waals surface area contributed by atoms with Gasteiger partial charge in [-0.15, -0.1) is 10.2 Å². The molecule has 4 rings (SSSR count). The Morgan fingerprint density at radius 3 is 2.68 bits per heavy atom. The van der Waals surface area contributed by atoms with E-state index in [2.05, 4.69) is 15.5 Å². The van der Waals surface area contributed by atoms with E-state index < -0.39 is 11.7 Å². The van der Waals surface area contributed by atoms with Gasteiger partial charge >= 0.3 is 6.18 Å². The molecule has 1 fully saturated rings. The highest BCUT2D eigenvalue weighted by Gasteiger charge is 2.30. The average molecular weight is 388 g/mol. The standard InChI is InChI=1S/C20H19F3N4O/c21-20(22,23)16-7-3-4-13(10-16)11-24-19(28)15-8-9-17-25-26-18(27(17)12-15)14-5-1-2-6-14/h3-4,7-10,12,14H,1-2,5-6,11H2,(H,24,28). The summed E-state index contributed by atoms with van der Waals surface area (Å²) in [4.78, 5) is 12.5. The van der Waals surface area contributed by atoms with Crippen LogP contribution in [0, 0.1) is 0 Å². The van der Waals surface area contributed by atoms with Crippen molar-refractivity contribution >= 4 is 11.6 Å². The molecule has 1 aliphatic carbocycles. The highest BCUT2D eigenvalue weighted by Crippen LogP contribution is 2.33. The van der Waals surface area contributed by atoms with Gasteiger partial charge in [0.2, 0.25) is 0 Å². The fourth-order valence-electron chi connectivity index (χ4n) is 3.65. The molecule has 0 aliphatic heterocycles. The molecule has 146 valence electrons. The molecular weight excluding hydrogens is 369 g/mol. The second-order valence-corrected chi connectivity index (χ2v) is 7.07. The number of halogens is 3. The van der Waals surface area contributed by atoms with Crippen molar-refractivity contribution in [2.45, 2.75) is 44.3 Å². The molecule has 2 aromatic heterocycles. The first-order chi connectivity index (χ1) is 13.4. The molecule has 28 heavy (non-hydrogen) atoms. The lowest BCUT2D eigenvalue weighted by molar-refractivity contribution is -0.137. The number of nitrogens with one attached hydrogen (secondary N) is 1. The molecule has 0 atom stereocenters. The van der Waals surface area contributed by atoms with Crippen LogP contribution in [0.15, 0.2) is 42.6 Å². The molecule has 8 heteroatoms. The highest BCUT2D eigenvalue weighted by molar-refractivity contribution is 5.94. The maximum atomic E-state index is 12.8. The van der Waals surface area contributed by atoms with Crippen LogP contribution in [0.1, 0.15) is 58.9 Å². The molecule has 5 nitrogen and oxygen atoms in total. The molecule has 0 bridgehead atoms. The average Bonchev–Trinajstić information content (AvgIpc) is 3.34. The Labute approximate surface area is 159 Å². The van der Waals surface area contributed by atoms with Gasteiger partial charge in [-0.1, -0.05) is 25.0 Å². The van der Waals surface area contributed by atoms with Gasteiger partial charge in [0.15, 0.2) is 5.65 Å². The van der Waals surface area contributed by atoms with E-state index in [0.29, 0.717) is 22.7 Å². The van der Waals surface area contributed by atoms with Gasteiger partial charge in [0.1, 0.15) is 5.82 Å². The summed E-state index contributed by atoms with van der Waals surface area (Å²) in [6, 6.07) is 8.31.